The van der Waals surface area contributed by atoms with Gasteiger partial charge in [-0.25, -0.2) is 0 Å². The SMILES string of the molecule is Cl.Nc1cccc2c1CN([C@H]1CCC(=O)NC1=O)C2=O. The van der Waals surface area contributed by atoms with Crippen LogP contribution < -0.4 is 11.1 Å². The van der Waals surface area contributed by atoms with Gasteiger partial charge in [0.1, 0.15) is 6.04 Å². The number of carbonyl (C=O) groups is 3. The van der Waals surface area contributed by atoms with Crippen LogP contribution in [-0.2, 0) is 16.1 Å². The van der Waals surface area contributed by atoms with Gasteiger partial charge in [-0.2, -0.15) is 0 Å². The van der Waals surface area contributed by atoms with Crippen LogP contribution >= 0.6 is 12.4 Å². The molecule has 0 spiro atoms. The molecular formula is C13H14ClN3O3. The lowest BCUT2D eigenvalue weighted by Gasteiger charge is -2.29. The Morgan fingerprint density at radius 1 is 1.25 bits per heavy atom. The van der Waals surface area contributed by atoms with Gasteiger partial charge in [0, 0.05) is 29.8 Å². The van der Waals surface area contributed by atoms with Crippen LogP contribution in [0.4, 0.5) is 5.69 Å². The minimum Gasteiger partial charge on any atom is -0.398 e. The number of piperidine rings is 1. The van der Waals surface area contributed by atoms with E-state index in [0.717, 1.165) is 5.56 Å². The van der Waals surface area contributed by atoms with E-state index in [1.54, 1.807) is 18.2 Å². The molecule has 1 fully saturated rings. The number of anilines is 1. The second-order valence-electron chi connectivity index (χ2n) is 4.77. The predicted molar refractivity (Wildman–Crippen MR) is 74.1 cm³/mol. The Bertz CT molecular complexity index is 603. The fraction of sp³-hybridized carbons (Fsp3) is 0.308. The number of nitrogens with two attached hydrogens (primary N) is 1. The van der Waals surface area contributed by atoms with Gasteiger partial charge >= 0.3 is 0 Å². The molecule has 2 heterocycles. The average Bonchev–Trinajstić information content (AvgIpc) is 2.69. The van der Waals surface area contributed by atoms with Gasteiger partial charge in [0.05, 0.1) is 0 Å². The molecule has 0 radical (unpaired) electrons. The third-order valence-corrected chi connectivity index (χ3v) is 3.62. The minimum atomic E-state index is -0.586. The number of nitrogen functional groups attached to an aromatic ring is 1. The van der Waals surface area contributed by atoms with Gasteiger partial charge in [0.15, 0.2) is 0 Å². The van der Waals surface area contributed by atoms with Crippen LogP contribution in [0.15, 0.2) is 18.2 Å². The summed E-state index contributed by atoms with van der Waals surface area (Å²) in [7, 11) is 0. The van der Waals surface area contributed by atoms with E-state index < -0.39 is 11.9 Å². The van der Waals surface area contributed by atoms with Crippen LogP contribution in [0, 0.1) is 0 Å². The van der Waals surface area contributed by atoms with Crippen LogP contribution in [0.5, 0.6) is 0 Å². The minimum absolute atomic E-state index is 0. The molecule has 2 aliphatic rings. The van der Waals surface area contributed by atoms with Crippen molar-refractivity contribution >= 4 is 35.8 Å². The van der Waals surface area contributed by atoms with Gasteiger partial charge in [-0.1, -0.05) is 6.07 Å². The van der Waals surface area contributed by atoms with Crippen molar-refractivity contribution in [3.63, 3.8) is 0 Å². The molecule has 1 atom stereocenters. The number of rotatable bonds is 1. The summed E-state index contributed by atoms with van der Waals surface area (Å²) in [6.07, 6.45) is 0.621. The van der Waals surface area contributed by atoms with Crippen molar-refractivity contribution < 1.29 is 14.4 Å². The van der Waals surface area contributed by atoms with Gasteiger partial charge < -0.3 is 10.6 Å². The number of nitrogens with zero attached hydrogens (tertiary/aromatic N) is 1. The summed E-state index contributed by atoms with van der Waals surface area (Å²) in [6.45, 7) is 0.327. The molecule has 1 saturated heterocycles. The highest BCUT2D eigenvalue weighted by molar-refractivity contribution is 6.06. The molecule has 0 unspecified atom stereocenters. The number of imide groups is 1. The zero-order valence-electron chi connectivity index (χ0n) is 10.6. The number of halogens is 1. The van der Waals surface area contributed by atoms with Gasteiger partial charge in [0.25, 0.3) is 5.91 Å². The number of fused-ring (bicyclic) bond motifs is 1. The van der Waals surface area contributed by atoms with E-state index in [-0.39, 0.29) is 30.6 Å². The number of nitrogens with one attached hydrogen (secondary N) is 1. The van der Waals surface area contributed by atoms with E-state index in [1.807, 2.05) is 0 Å². The Labute approximate surface area is 121 Å². The Balaban J connectivity index is 0.00000147. The van der Waals surface area contributed by atoms with Crippen LogP contribution in [0.2, 0.25) is 0 Å². The summed E-state index contributed by atoms with van der Waals surface area (Å²) < 4.78 is 0. The molecule has 7 heteroatoms. The molecular weight excluding hydrogens is 282 g/mol. The average molecular weight is 296 g/mol. The van der Waals surface area contributed by atoms with Crippen LogP contribution in [0.1, 0.15) is 28.8 Å². The summed E-state index contributed by atoms with van der Waals surface area (Å²) in [5.41, 5.74) is 7.71. The molecule has 3 amide bonds. The zero-order chi connectivity index (χ0) is 13.6. The maximum absolute atomic E-state index is 12.3. The fourth-order valence-electron chi connectivity index (χ4n) is 2.61. The quantitative estimate of drug-likeness (QED) is 0.581. The number of carbonyl (C=O) groups excluding carboxylic acids is 3. The van der Waals surface area contributed by atoms with E-state index in [0.29, 0.717) is 24.2 Å². The Morgan fingerprint density at radius 2 is 2.00 bits per heavy atom. The molecule has 106 valence electrons. The van der Waals surface area contributed by atoms with Crippen LogP contribution in [0.25, 0.3) is 0 Å². The predicted octanol–water partition coefficient (Wildman–Crippen LogP) is 0.452. The summed E-state index contributed by atoms with van der Waals surface area (Å²) >= 11 is 0. The van der Waals surface area contributed by atoms with Crippen molar-refractivity contribution in [3.8, 4) is 0 Å². The van der Waals surface area contributed by atoms with E-state index in [9.17, 15) is 14.4 Å². The maximum atomic E-state index is 12.3. The standard InChI is InChI=1S/C13H13N3O3.ClH/c14-9-3-1-2-7-8(9)6-16(13(7)19)10-4-5-11(17)15-12(10)18;/h1-3,10H,4-6,14H2,(H,15,17,18);1H/t10-;/m0./s1. The van der Waals surface area contributed by atoms with E-state index in [2.05, 4.69) is 5.32 Å². The molecule has 3 rings (SSSR count). The number of amides is 3. The van der Waals surface area contributed by atoms with Crippen molar-refractivity contribution in [1.82, 2.24) is 10.2 Å². The van der Waals surface area contributed by atoms with Crippen molar-refractivity contribution in [2.45, 2.75) is 25.4 Å². The van der Waals surface area contributed by atoms with Crippen molar-refractivity contribution in [3.05, 3.63) is 29.3 Å². The lowest BCUT2D eigenvalue weighted by atomic mass is 10.0. The lowest BCUT2D eigenvalue weighted by Crippen LogP contribution is -2.52. The molecule has 0 aliphatic carbocycles. The lowest BCUT2D eigenvalue weighted by molar-refractivity contribution is -0.136. The van der Waals surface area contributed by atoms with Crippen molar-refractivity contribution in [2.75, 3.05) is 5.73 Å². The highest BCUT2D eigenvalue weighted by Gasteiger charge is 2.39. The molecule has 1 aromatic rings. The molecule has 20 heavy (non-hydrogen) atoms. The van der Waals surface area contributed by atoms with Gasteiger partial charge in [0.2, 0.25) is 11.8 Å². The number of hydrogen-bond donors (Lipinski definition) is 2. The zero-order valence-corrected chi connectivity index (χ0v) is 11.4. The molecule has 1 aromatic carbocycles. The maximum Gasteiger partial charge on any atom is 0.255 e. The molecule has 0 aromatic heterocycles. The third kappa shape index (κ3) is 2.12. The summed E-state index contributed by atoms with van der Waals surface area (Å²) in [5.74, 6) is -0.891. The fourth-order valence-corrected chi connectivity index (χ4v) is 2.61. The first-order valence-electron chi connectivity index (χ1n) is 6.10. The van der Waals surface area contributed by atoms with Gasteiger partial charge in [-0.05, 0) is 18.6 Å². The topological polar surface area (TPSA) is 92.5 Å². The summed E-state index contributed by atoms with van der Waals surface area (Å²) in [6, 6.07) is 4.58. The van der Waals surface area contributed by atoms with Crippen LogP contribution in [-0.4, -0.2) is 28.7 Å². The molecule has 2 aliphatic heterocycles. The number of benzene rings is 1. The summed E-state index contributed by atoms with van der Waals surface area (Å²) in [5, 5.41) is 2.27. The Hall–Kier alpha value is -2.08. The molecule has 6 nitrogen and oxygen atoms in total. The molecule has 0 bridgehead atoms. The molecule has 3 N–H and O–H groups in total. The first-order chi connectivity index (χ1) is 9.08. The van der Waals surface area contributed by atoms with Gasteiger partial charge in [-0.3, -0.25) is 19.7 Å². The molecule has 0 saturated carbocycles. The first kappa shape index (κ1) is 14.3. The van der Waals surface area contributed by atoms with E-state index in [1.165, 1.54) is 4.90 Å². The highest BCUT2D eigenvalue weighted by atomic mass is 35.5. The largest absolute Gasteiger partial charge is 0.398 e. The van der Waals surface area contributed by atoms with E-state index in [4.69, 9.17) is 5.73 Å². The number of hydrogen-bond acceptors (Lipinski definition) is 4. The third-order valence-electron chi connectivity index (χ3n) is 3.62. The second-order valence-corrected chi connectivity index (χ2v) is 4.77. The van der Waals surface area contributed by atoms with Gasteiger partial charge in [-0.15, -0.1) is 12.4 Å². The Morgan fingerprint density at radius 3 is 2.65 bits per heavy atom. The van der Waals surface area contributed by atoms with E-state index >= 15 is 0 Å². The monoisotopic (exact) mass is 295 g/mol. The van der Waals surface area contributed by atoms with Crippen LogP contribution in [0.3, 0.4) is 0 Å². The summed E-state index contributed by atoms with van der Waals surface area (Å²) in [4.78, 5) is 36.7. The first-order valence-corrected chi connectivity index (χ1v) is 6.10. The van der Waals surface area contributed by atoms with Crippen molar-refractivity contribution in [1.29, 1.82) is 0 Å². The van der Waals surface area contributed by atoms with Crippen molar-refractivity contribution in [2.24, 2.45) is 0 Å². The second kappa shape index (κ2) is 5.13. The Kier molecular flexibility index (Phi) is 3.67. The smallest absolute Gasteiger partial charge is 0.255 e. The highest BCUT2D eigenvalue weighted by Crippen LogP contribution is 2.30. The normalized spacial score (nSPS) is 21.3.